The number of carbonyl (C=O) groups excluding carboxylic acids is 2. The second-order valence-electron chi connectivity index (χ2n) is 8.11. The highest BCUT2D eigenvalue weighted by Gasteiger charge is 2.42. The van der Waals surface area contributed by atoms with Crippen LogP contribution >= 0.6 is 0 Å². The highest BCUT2D eigenvalue weighted by molar-refractivity contribution is 6.45. The fourth-order valence-corrected chi connectivity index (χ4v) is 4.13. The fourth-order valence-electron chi connectivity index (χ4n) is 4.13. The Balaban J connectivity index is 1.74. The first-order valence-corrected chi connectivity index (χ1v) is 10.8. The molecule has 0 radical (unpaired) electrons. The summed E-state index contributed by atoms with van der Waals surface area (Å²) in [4.78, 5) is 30.4. The first-order chi connectivity index (χ1) is 15.0. The van der Waals surface area contributed by atoms with E-state index in [4.69, 9.17) is 9.47 Å². The summed E-state index contributed by atoms with van der Waals surface area (Å²) in [6, 6.07) is 14.4. The zero-order valence-corrected chi connectivity index (χ0v) is 18.3. The van der Waals surface area contributed by atoms with Crippen LogP contribution in [0.3, 0.4) is 0 Å². The molecule has 0 aliphatic carbocycles. The molecule has 1 saturated heterocycles. The molecule has 0 saturated carbocycles. The van der Waals surface area contributed by atoms with Crippen molar-refractivity contribution in [1.29, 1.82) is 0 Å². The van der Waals surface area contributed by atoms with Gasteiger partial charge in [-0.2, -0.15) is 0 Å². The zero-order chi connectivity index (χ0) is 22.0. The number of benzene rings is 2. The minimum absolute atomic E-state index is 0.0641. The predicted octanol–water partition coefficient (Wildman–Crippen LogP) is 4.25. The van der Waals surface area contributed by atoms with Gasteiger partial charge < -0.3 is 14.4 Å². The first kappa shape index (κ1) is 21.0. The summed E-state index contributed by atoms with van der Waals surface area (Å²) in [6.07, 6.45) is 3.24. The smallest absolute Gasteiger partial charge is 0.282 e. The third-order valence-corrected chi connectivity index (χ3v) is 5.58. The van der Waals surface area contributed by atoms with E-state index >= 15 is 0 Å². The van der Waals surface area contributed by atoms with Gasteiger partial charge in [0.05, 0.1) is 24.5 Å². The highest BCUT2D eigenvalue weighted by Crippen LogP contribution is 2.36. The van der Waals surface area contributed by atoms with Gasteiger partial charge in [-0.25, -0.2) is 4.90 Å². The Labute approximate surface area is 183 Å². The van der Waals surface area contributed by atoms with Crippen molar-refractivity contribution in [3.8, 4) is 11.5 Å². The predicted molar refractivity (Wildman–Crippen MR) is 120 cm³/mol. The lowest BCUT2D eigenvalue weighted by molar-refractivity contribution is -0.120. The molecule has 0 spiro atoms. The number of rotatable bonds is 6. The second kappa shape index (κ2) is 8.84. The van der Waals surface area contributed by atoms with Crippen molar-refractivity contribution in [2.75, 3.05) is 25.1 Å². The maximum atomic E-state index is 13.5. The lowest BCUT2D eigenvalue weighted by atomic mass is 10.0. The largest absolute Gasteiger partial charge is 0.497 e. The molecule has 2 aliphatic heterocycles. The van der Waals surface area contributed by atoms with E-state index in [0.717, 1.165) is 43.7 Å². The third kappa shape index (κ3) is 4.15. The molecule has 1 fully saturated rings. The van der Waals surface area contributed by atoms with Crippen LogP contribution in [0.4, 0.5) is 5.69 Å². The van der Waals surface area contributed by atoms with Gasteiger partial charge in [-0.05, 0) is 75.1 Å². The van der Waals surface area contributed by atoms with Crippen LogP contribution in [0.1, 0.15) is 38.7 Å². The van der Waals surface area contributed by atoms with Crippen LogP contribution in [-0.2, 0) is 9.59 Å². The normalized spacial score (nSPS) is 17.0. The van der Waals surface area contributed by atoms with E-state index in [2.05, 4.69) is 4.90 Å². The van der Waals surface area contributed by atoms with E-state index in [-0.39, 0.29) is 17.9 Å². The molecule has 4 rings (SSSR count). The Morgan fingerprint density at radius 2 is 1.42 bits per heavy atom. The Morgan fingerprint density at radius 1 is 0.806 bits per heavy atom. The van der Waals surface area contributed by atoms with Gasteiger partial charge in [0.2, 0.25) is 0 Å². The van der Waals surface area contributed by atoms with Crippen molar-refractivity contribution in [1.82, 2.24) is 4.90 Å². The van der Waals surface area contributed by atoms with Crippen LogP contribution in [0, 0.1) is 0 Å². The number of ether oxygens (including phenoxy) is 2. The summed E-state index contributed by atoms with van der Waals surface area (Å²) in [5.74, 6) is 0.846. The van der Waals surface area contributed by atoms with Crippen LogP contribution in [0.5, 0.6) is 11.5 Å². The van der Waals surface area contributed by atoms with Gasteiger partial charge in [-0.3, -0.25) is 9.59 Å². The quantitative estimate of drug-likeness (QED) is 0.654. The van der Waals surface area contributed by atoms with Crippen molar-refractivity contribution in [2.24, 2.45) is 0 Å². The molecule has 0 unspecified atom stereocenters. The topological polar surface area (TPSA) is 59.1 Å². The van der Waals surface area contributed by atoms with Crippen LogP contribution in [0.15, 0.2) is 54.2 Å². The van der Waals surface area contributed by atoms with E-state index in [9.17, 15) is 9.59 Å². The van der Waals surface area contributed by atoms with E-state index in [1.165, 1.54) is 4.90 Å². The van der Waals surface area contributed by atoms with Crippen LogP contribution in [0.25, 0.3) is 5.57 Å². The summed E-state index contributed by atoms with van der Waals surface area (Å²) < 4.78 is 10.9. The van der Waals surface area contributed by atoms with Gasteiger partial charge in [-0.1, -0.05) is 12.1 Å². The van der Waals surface area contributed by atoms with E-state index in [1.807, 2.05) is 38.1 Å². The molecule has 6 heteroatoms. The number of carbonyl (C=O) groups is 2. The third-order valence-electron chi connectivity index (χ3n) is 5.58. The molecule has 6 nitrogen and oxygen atoms in total. The molecule has 0 aromatic heterocycles. The maximum absolute atomic E-state index is 13.5. The SMILES string of the molecule is COc1ccc(N2C(=O)C(c3ccc(OC(C)C)cc3)=C(N3CCCCC3)C2=O)cc1. The van der Waals surface area contributed by atoms with Crippen molar-refractivity contribution in [3.05, 3.63) is 59.8 Å². The number of nitrogens with zero attached hydrogens (tertiary/aromatic N) is 2. The summed E-state index contributed by atoms with van der Waals surface area (Å²) in [5.41, 5.74) is 2.22. The Bertz CT molecular complexity index is 987. The molecular weight excluding hydrogens is 392 g/mol. The number of methoxy groups -OCH3 is 1. The molecule has 2 heterocycles. The molecule has 0 bridgehead atoms. The molecular formula is C25H28N2O4. The van der Waals surface area contributed by atoms with Crippen LogP contribution < -0.4 is 14.4 Å². The van der Waals surface area contributed by atoms with Gasteiger partial charge in [0.15, 0.2) is 0 Å². The second-order valence-corrected chi connectivity index (χ2v) is 8.11. The number of likely N-dealkylation sites (tertiary alicyclic amines) is 1. The van der Waals surface area contributed by atoms with E-state index in [1.54, 1.807) is 31.4 Å². The Morgan fingerprint density at radius 3 is 2.00 bits per heavy atom. The molecule has 2 aliphatic rings. The molecule has 2 aromatic carbocycles. The summed E-state index contributed by atoms with van der Waals surface area (Å²) in [6.45, 7) is 5.50. The Kier molecular flexibility index (Phi) is 5.98. The monoisotopic (exact) mass is 420 g/mol. The van der Waals surface area contributed by atoms with Gasteiger partial charge in [0.25, 0.3) is 11.8 Å². The van der Waals surface area contributed by atoms with Crippen LogP contribution in [0.2, 0.25) is 0 Å². The van der Waals surface area contributed by atoms with Gasteiger partial charge in [0.1, 0.15) is 17.2 Å². The summed E-state index contributed by atoms with van der Waals surface area (Å²) >= 11 is 0. The standard InChI is InChI=1S/C25H28N2O4/c1-17(2)31-21-11-7-18(8-12-21)22-23(26-15-5-4-6-16-26)25(29)27(24(22)28)19-9-13-20(30-3)14-10-19/h7-14,17H,4-6,15-16H2,1-3H3. The lowest BCUT2D eigenvalue weighted by Gasteiger charge is -2.29. The Hall–Kier alpha value is -3.28. The molecule has 162 valence electrons. The number of hydrogen-bond acceptors (Lipinski definition) is 5. The average Bonchev–Trinajstić information content (AvgIpc) is 3.04. The molecule has 2 amide bonds. The number of amides is 2. The summed E-state index contributed by atoms with van der Waals surface area (Å²) in [5, 5.41) is 0. The lowest BCUT2D eigenvalue weighted by Crippen LogP contribution is -2.37. The molecule has 0 N–H and O–H groups in total. The van der Waals surface area contributed by atoms with Crippen molar-refractivity contribution < 1.29 is 19.1 Å². The van der Waals surface area contributed by atoms with E-state index < -0.39 is 0 Å². The molecule has 0 atom stereocenters. The average molecular weight is 421 g/mol. The fraction of sp³-hybridized carbons (Fsp3) is 0.360. The highest BCUT2D eigenvalue weighted by atomic mass is 16.5. The minimum Gasteiger partial charge on any atom is -0.497 e. The summed E-state index contributed by atoms with van der Waals surface area (Å²) in [7, 11) is 1.59. The van der Waals surface area contributed by atoms with Crippen molar-refractivity contribution in [3.63, 3.8) is 0 Å². The first-order valence-electron chi connectivity index (χ1n) is 10.8. The maximum Gasteiger partial charge on any atom is 0.282 e. The van der Waals surface area contributed by atoms with Crippen molar-refractivity contribution in [2.45, 2.75) is 39.2 Å². The van der Waals surface area contributed by atoms with Gasteiger partial charge in [0, 0.05) is 13.1 Å². The number of piperidine rings is 1. The minimum atomic E-state index is -0.298. The number of anilines is 1. The molecule has 31 heavy (non-hydrogen) atoms. The molecule has 2 aromatic rings. The van der Waals surface area contributed by atoms with Gasteiger partial charge >= 0.3 is 0 Å². The number of hydrogen-bond donors (Lipinski definition) is 0. The zero-order valence-electron chi connectivity index (χ0n) is 18.3. The van der Waals surface area contributed by atoms with Crippen LogP contribution in [-0.4, -0.2) is 43.0 Å². The number of imide groups is 1. The van der Waals surface area contributed by atoms with Gasteiger partial charge in [-0.15, -0.1) is 0 Å². The van der Waals surface area contributed by atoms with Crippen molar-refractivity contribution >= 4 is 23.1 Å². The van der Waals surface area contributed by atoms with E-state index in [0.29, 0.717) is 22.7 Å².